The molecule has 86 valence electrons. The van der Waals surface area contributed by atoms with E-state index in [1.165, 1.54) is 5.56 Å². The topological polar surface area (TPSA) is 20.3 Å². The van der Waals surface area contributed by atoms with Crippen molar-refractivity contribution in [3.63, 3.8) is 0 Å². The average Bonchev–Trinajstić information content (AvgIpc) is 2.39. The molecule has 0 amide bonds. The van der Waals surface area contributed by atoms with Crippen LogP contribution in [0.2, 0.25) is 0 Å². The fourth-order valence-corrected chi connectivity index (χ4v) is 2.45. The first kappa shape index (κ1) is 11.3. The summed E-state index contributed by atoms with van der Waals surface area (Å²) in [4.78, 5) is 13.3. The summed E-state index contributed by atoms with van der Waals surface area (Å²) in [6.45, 7) is 4.25. The van der Waals surface area contributed by atoms with Gasteiger partial charge in [-0.3, -0.25) is 4.90 Å². The van der Waals surface area contributed by atoms with Gasteiger partial charge in [-0.1, -0.05) is 30.3 Å². The van der Waals surface area contributed by atoms with Crippen LogP contribution in [-0.4, -0.2) is 24.3 Å². The van der Waals surface area contributed by atoms with E-state index in [2.05, 4.69) is 36.1 Å². The second-order valence-electron chi connectivity index (χ2n) is 4.62. The van der Waals surface area contributed by atoms with E-state index in [1.54, 1.807) is 0 Å². The number of hydrogen-bond acceptors (Lipinski definition) is 2. The number of carbonyl (C=O) groups excluding carboxylic acids is 1. The first-order valence-electron chi connectivity index (χ1n) is 6.05. The van der Waals surface area contributed by atoms with E-state index >= 15 is 0 Å². The minimum absolute atomic E-state index is 0.236. The molecule has 1 aliphatic heterocycles. The molecule has 0 radical (unpaired) electrons. The minimum Gasteiger partial charge on any atom is -0.303 e. The van der Waals surface area contributed by atoms with Crippen LogP contribution >= 0.6 is 0 Å². The third kappa shape index (κ3) is 2.50. The molecule has 2 unspecified atom stereocenters. The highest BCUT2D eigenvalue weighted by Crippen LogP contribution is 2.25. The van der Waals surface area contributed by atoms with Gasteiger partial charge in [-0.05, 0) is 31.9 Å². The molecule has 2 rings (SSSR count). The first-order chi connectivity index (χ1) is 7.81. The molecule has 1 saturated heterocycles. The van der Waals surface area contributed by atoms with Crippen molar-refractivity contribution in [2.45, 2.75) is 25.8 Å². The maximum atomic E-state index is 10.8. The van der Waals surface area contributed by atoms with Crippen LogP contribution in [0, 0.1) is 5.92 Å². The van der Waals surface area contributed by atoms with E-state index in [4.69, 9.17) is 0 Å². The van der Waals surface area contributed by atoms with Gasteiger partial charge in [0.2, 0.25) is 0 Å². The Morgan fingerprint density at radius 1 is 1.38 bits per heavy atom. The molecule has 0 N–H and O–H groups in total. The molecule has 0 aromatic heterocycles. The number of carbonyl (C=O) groups is 1. The van der Waals surface area contributed by atoms with E-state index in [-0.39, 0.29) is 5.92 Å². The van der Waals surface area contributed by atoms with Crippen LogP contribution in [-0.2, 0) is 4.79 Å². The first-order valence-corrected chi connectivity index (χ1v) is 6.05. The van der Waals surface area contributed by atoms with Crippen molar-refractivity contribution >= 4 is 6.29 Å². The SMILES string of the molecule is CC(c1ccccc1)N1CCCC(C=O)C1. The van der Waals surface area contributed by atoms with Crippen molar-refractivity contribution in [2.24, 2.45) is 5.92 Å². The van der Waals surface area contributed by atoms with Crippen molar-refractivity contribution in [3.8, 4) is 0 Å². The van der Waals surface area contributed by atoms with Gasteiger partial charge in [0, 0.05) is 18.5 Å². The van der Waals surface area contributed by atoms with Gasteiger partial charge in [-0.25, -0.2) is 0 Å². The molecule has 2 atom stereocenters. The van der Waals surface area contributed by atoms with Gasteiger partial charge in [0.15, 0.2) is 0 Å². The van der Waals surface area contributed by atoms with E-state index in [0.29, 0.717) is 6.04 Å². The number of piperidine rings is 1. The van der Waals surface area contributed by atoms with Crippen LogP contribution in [0.25, 0.3) is 0 Å². The molecule has 1 aliphatic rings. The predicted octanol–water partition coefficient (Wildman–Crippen LogP) is 2.66. The van der Waals surface area contributed by atoms with Gasteiger partial charge >= 0.3 is 0 Å². The lowest BCUT2D eigenvalue weighted by Crippen LogP contribution is -2.37. The zero-order valence-corrected chi connectivity index (χ0v) is 9.80. The lowest BCUT2D eigenvalue weighted by molar-refractivity contribution is -0.112. The lowest BCUT2D eigenvalue weighted by Gasteiger charge is -2.35. The summed E-state index contributed by atoms with van der Waals surface area (Å²) >= 11 is 0. The quantitative estimate of drug-likeness (QED) is 0.725. The zero-order valence-electron chi connectivity index (χ0n) is 9.80. The number of aldehydes is 1. The monoisotopic (exact) mass is 217 g/mol. The second kappa shape index (κ2) is 5.26. The highest BCUT2D eigenvalue weighted by molar-refractivity contribution is 5.54. The molecular weight excluding hydrogens is 198 g/mol. The molecular formula is C14H19NO. The van der Waals surface area contributed by atoms with E-state index in [9.17, 15) is 4.79 Å². The molecule has 2 nitrogen and oxygen atoms in total. The summed E-state index contributed by atoms with van der Waals surface area (Å²) in [7, 11) is 0. The predicted molar refractivity (Wildman–Crippen MR) is 65.2 cm³/mol. The minimum atomic E-state index is 0.236. The van der Waals surface area contributed by atoms with Crippen LogP contribution in [0.15, 0.2) is 30.3 Å². The van der Waals surface area contributed by atoms with E-state index < -0.39 is 0 Å². The normalized spacial score (nSPS) is 23.9. The molecule has 1 heterocycles. The van der Waals surface area contributed by atoms with Crippen LogP contribution in [0.1, 0.15) is 31.4 Å². The standard InChI is InChI=1S/C14H19NO/c1-12(14-7-3-2-4-8-14)15-9-5-6-13(10-15)11-16/h2-4,7-8,11-13H,5-6,9-10H2,1H3. The Morgan fingerprint density at radius 3 is 2.81 bits per heavy atom. The molecule has 2 heteroatoms. The van der Waals surface area contributed by atoms with Gasteiger partial charge in [-0.2, -0.15) is 0 Å². The fraction of sp³-hybridized carbons (Fsp3) is 0.500. The maximum Gasteiger partial charge on any atom is 0.124 e. The van der Waals surface area contributed by atoms with E-state index in [1.807, 2.05) is 6.07 Å². The number of nitrogens with zero attached hydrogens (tertiary/aromatic N) is 1. The van der Waals surface area contributed by atoms with Crippen molar-refractivity contribution in [3.05, 3.63) is 35.9 Å². The van der Waals surface area contributed by atoms with Crippen LogP contribution in [0.4, 0.5) is 0 Å². The van der Waals surface area contributed by atoms with Crippen LogP contribution in [0.3, 0.4) is 0 Å². The van der Waals surface area contributed by atoms with Gasteiger partial charge in [0.05, 0.1) is 0 Å². The van der Waals surface area contributed by atoms with Gasteiger partial charge in [0.1, 0.15) is 6.29 Å². The Hall–Kier alpha value is -1.15. The van der Waals surface area contributed by atoms with Crippen molar-refractivity contribution in [2.75, 3.05) is 13.1 Å². The second-order valence-corrected chi connectivity index (χ2v) is 4.62. The molecule has 0 saturated carbocycles. The summed E-state index contributed by atoms with van der Waals surface area (Å²) in [5.41, 5.74) is 1.34. The highest BCUT2D eigenvalue weighted by atomic mass is 16.1. The Bertz CT molecular complexity index is 336. The number of likely N-dealkylation sites (tertiary alicyclic amines) is 1. The largest absolute Gasteiger partial charge is 0.303 e. The van der Waals surface area contributed by atoms with Crippen LogP contribution in [0.5, 0.6) is 0 Å². The number of hydrogen-bond donors (Lipinski definition) is 0. The Morgan fingerprint density at radius 2 is 2.12 bits per heavy atom. The van der Waals surface area contributed by atoms with Gasteiger partial charge in [0.25, 0.3) is 0 Å². The summed E-state index contributed by atoms with van der Waals surface area (Å²) in [5, 5.41) is 0. The Labute approximate surface area is 97.3 Å². The molecule has 1 fully saturated rings. The molecule has 0 spiro atoms. The summed E-state index contributed by atoms with van der Waals surface area (Å²) < 4.78 is 0. The Kier molecular flexibility index (Phi) is 3.73. The Balaban J connectivity index is 2.04. The fourth-order valence-electron chi connectivity index (χ4n) is 2.45. The number of rotatable bonds is 3. The molecule has 1 aromatic carbocycles. The van der Waals surface area contributed by atoms with Crippen molar-refractivity contribution in [1.29, 1.82) is 0 Å². The van der Waals surface area contributed by atoms with Crippen molar-refractivity contribution in [1.82, 2.24) is 4.90 Å². The zero-order chi connectivity index (χ0) is 11.4. The van der Waals surface area contributed by atoms with Gasteiger partial charge in [-0.15, -0.1) is 0 Å². The van der Waals surface area contributed by atoms with Crippen LogP contribution < -0.4 is 0 Å². The highest BCUT2D eigenvalue weighted by Gasteiger charge is 2.23. The molecule has 0 aliphatic carbocycles. The maximum absolute atomic E-state index is 10.8. The molecule has 0 bridgehead atoms. The molecule has 16 heavy (non-hydrogen) atoms. The molecule has 1 aromatic rings. The summed E-state index contributed by atoms with van der Waals surface area (Å²) in [6, 6.07) is 10.9. The third-order valence-electron chi connectivity index (χ3n) is 3.51. The third-order valence-corrected chi connectivity index (χ3v) is 3.51. The smallest absolute Gasteiger partial charge is 0.124 e. The summed E-state index contributed by atoms with van der Waals surface area (Å²) in [6.07, 6.45) is 3.31. The van der Waals surface area contributed by atoms with Crippen molar-refractivity contribution < 1.29 is 4.79 Å². The van der Waals surface area contributed by atoms with E-state index in [0.717, 1.165) is 32.2 Å². The van der Waals surface area contributed by atoms with Gasteiger partial charge < -0.3 is 4.79 Å². The summed E-state index contributed by atoms with van der Waals surface area (Å²) in [5.74, 6) is 0.236. The average molecular weight is 217 g/mol. The number of benzene rings is 1. The lowest BCUT2D eigenvalue weighted by atomic mass is 9.96.